The number of halogens is 6. The van der Waals surface area contributed by atoms with Crippen LogP contribution in [0.5, 0.6) is 0 Å². The van der Waals surface area contributed by atoms with Gasteiger partial charge in [0.2, 0.25) is 0 Å². The molecule has 2 aromatic rings. The van der Waals surface area contributed by atoms with Crippen molar-refractivity contribution in [1.29, 1.82) is 0 Å². The molecule has 0 aliphatic carbocycles. The molecule has 0 spiro atoms. The van der Waals surface area contributed by atoms with Crippen molar-refractivity contribution in [3.63, 3.8) is 0 Å². The number of pyridine rings is 1. The first-order valence-corrected chi connectivity index (χ1v) is 5.66. The van der Waals surface area contributed by atoms with E-state index in [2.05, 4.69) is 25.9 Å². The molecular formula is C10H5BrF5N3. The van der Waals surface area contributed by atoms with Crippen LogP contribution in [0.3, 0.4) is 0 Å². The van der Waals surface area contributed by atoms with E-state index in [0.717, 1.165) is 6.07 Å². The second kappa shape index (κ2) is 4.87. The normalized spacial score (nSPS) is 12.2. The van der Waals surface area contributed by atoms with Crippen LogP contribution in [0.4, 0.5) is 22.0 Å². The zero-order chi connectivity index (χ0) is 14.2. The number of hydrogen-bond donors (Lipinski definition) is 1. The molecule has 9 heteroatoms. The van der Waals surface area contributed by atoms with Crippen molar-refractivity contribution in [3.8, 4) is 11.5 Å². The number of imidazole rings is 1. The predicted molar refractivity (Wildman–Crippen MR) is 59.5 cm³/mol. The van der Waals surface area contributed by atoms with E-state index in [9.17, 15) is 22.0 Å². The summed E-state index contributed by atoms with van der Waals surface area (Å²) in [7, 11) is 0. The van der Waals surface area contributed by atoms with E-state index < -0.39 is 28.5 Å². The van der Waals surface area contributed by atoms with E-state index in [1.165, 1.54) is 12.3 Å². The minimum absolute atomic E-state index is 0.311. The number of alkyl halides is 5. The lowest BCUT2D eigenvalue weighted by atomic mass is 10.2. The fourth-order valence-corrected chi connectivity index (χ4v) is 1.94. The number of hydrogen-bond acceptors (Lipinski definition) is 2. The molecule has 2 rings (SSSR count). The van der Waals surface area contributed by atoms with Gasteiger partial charge in [-0.1, -0.05) is 0 Å². The largest absolute Gasteiger partial charge is 0.433 e. The molecule has 0 unspecified atom stereocenters. The molecule has 0 saturated heterocycles. The molecule has 0 aromatic carbocycles. The van der Waals surface area contributed by atoms with E-state index in [4.69, 9.17) is 0 Å². The number of nitrogens with one attached hydrogen (secondary N) is 1. The molecule has 1 N–H and O–H groups in total. The average molecular weight is 342 g/mol. The van der Waals surface area contributed by atoms with Crippen LogP contribution in [-0.2, 0) is 6.18 Å². The molecule has 2 aromatic heterocycles. The van der Waals surface area contributed by atoms with Crippen LogP contribution in [0.1, 0.15) is 17.7 Å². The van der Waals surface area contributed by atoms with Crippen molar-refractivity contribution in [2.45, 2.75) is 12.6 Å². The molecule has 19 heavy (non-hydrogen) atoms. The van der Waals surface area contributed by atoms with Crippen LogP contribution in [0, 0.1) is 0 Å². The number of aromatic amines is 1. The van der Waals surface area contributed by atoms with Crippen molar-refractivity contribution in [2.24, 2.45) is 0 Å². The fraction of sp³-hybridized carbons (Fsp3) is 0.200. The first-order chi connectivity index (χ1) is 8.80. The van der Waals surface area contributed by atoms with Gasteiger partial charge >= 0.3 is 6.18 Å². The highest BCUT2D eigenvalue weighted by molar-refractivity contribution is 9.10. The number of rotatable bonds is 2. The first kappa shape index (κ1) is 13.9. The Morgan fingerprint density at radius 1 is 1.26 bits per heavy atom. The Bertz CT molecular complexity index is 593. The third kappa shape index (κ3) is 2.75. The van der Waals surface area contributed by atoms with Gasteiger partial charge in [-0.15, -0.1) is 0 Å². The Morgan fingerprint density at radius 2 is 1.95 bits per heavy atom. The van der Waals surface area contributed by atoms with Crippen molar-refractivity contribution in [2.75, 3.05) is 0 Å². The molecule has 0 amide bonds. The molecule has 2 heterocycles. The summed E-state index contributed by atoms with van der Waals surface area (Å²) in [5, 5.41) is 0. The van der Waals surface area contributed by atoms with Crippen LogP contribution in [0.25, 0.3) is 11.5 Å². The summed E-state index contributed by atoms with van der Waals surface area (Å²) >= 11 is 2.63. The summed E-state index contributed by atoms with van der Waals surface area (Å²) in [6, 6.07) is 2.35. The van der Waals surface area contributed by atoms with Gasteiger partial charge in [-0.2, -0.15) is 13.2 Å². The van der Waals surface area contributed by atoms with Crippen LogP contribution < -0.4 is 0 Å². The van der Waals surface area contributed by atoms with Gasteiger partial charge in [-0.25, -0.2) is 13.8 Å². The van der Waals surface area contributed by atoms with E-state index in [1.807, 2.05) is 4.98 Å². The summed E-state index contributed by atoms with van der Waals surface area (Å²) in [6.45, 7) is 0. The Balaban J connectivity index is 2.55. The van der Waals surface area contributed by atoms with E-state index in [0.29, 0.717) is 0 Å². The predicted octanol–water partition coefficient (Wildman–Crippen LogP) is 4.19. The van der Waals surface area contributed by atoms with Gasteiger partial charge < -0.3 is 4.98 Å². The van der Waals surface area contributed by atoms with Crippen LogP contribution in [0.15, 0.2) is 22.9 Å². The fourth-order valence-electron chi connectivity index (χ4n) is 1.44. The molecular weight excluding hydrogens is 337 g/mol. The summed E-state index contributed by atoms with van der Waals surface area (Å²) in [6.07, 6.45) is -6.32. The zero-order valence-electron chi connectivity index (χ0n) is 8.97. The van der Waals surface area contributed by atoms with Gasteiger partial charge in [-0.3, -0.25) is 4.98 Å². The Morgan fingerprint density at radius 3 is 2.47 bits per heavy atom. The Hall–Kier alpha value is -1.51. The summed E-state index contributed by atoms with van der Waals surface area (Å²) in [5.74, 6) is -0.366. The van der Waals surface area contributed by atoms with Gasteiger partial charge in [-0.05, 0) is 28.1 Å². The van der Waals surface area contributed by atoms with Gasteiger partial charge in [0.1, 0.15) is 10.3 Å². The lowest BCUT2D eigenvalue weighted by Crippen LogP contribution is -2.06. The Kier molecular flexibility index (Phi) is 3.57. The highest BCUT2D eigenvalue weighted by atomic mass is 79.9. The monoisotopic (exact) mass is 341 g/mol. The maximum atomic E-state index is 12.7. The maximum Gasteiger partial charge on any atom is 0.433 e. The second-order valence-corrected chi connectivity index (χ2v) is 4.24. The lowest BCUT2D eigenvalue weighted by Gasteiger charge is -2.05. The molecule has 0 aliphatic heterocycles. The minimum atomic E-state index is -4.66. The van der Waals surface area contributed by atoms with Gasteiger partial charge in [0.05, 0.1) is 0 Å². The summed E-state index contributed by atoms with van der Waals surface area (Å²) < 4.78 is 62.7. The molecule has 3 nitrogen and oxygen atoms in total. The molecule has 0 saturated carbocycles. The molecule has 102 valence electrons. The average Bonchev–Trinajstić information content (AvgIpc) is 2.71. The van der Waals surface area contributed by atoms with Gasteiger partial charge in [0.15, 0.2) is 11.5 Å². The van der Waals surface area contributed by atoms with E-state index >= 15 is 0 Å². The highest BCUT2D eigenvalue weighted by Gasteiger charge is 2.36. The minimum Gasteiger partial charge on any atom is -0.332 e. The zero-order valence-corrected chi connectivity index (χ0v) is 10.6. The van der Waals surface area contributed by atoms with Crippen molar-refractivity contribution < 1.29 is 22.0 Å². The van der Waals surface area contributed by atoms with Crippen molar-refractivity contribution in [3.05, 3.63) is 34.2 Å². The second-order valence-electron chi connectivity index (χ2n) is 3.49. The van der Waals surface area contributed by atoms with Gasteiger partial charge in [0, 0.05) is 11.8 Å². The molecule has 0 atom stereocenters. The maximum absolute atomic E-state index is 12.7. The molecule has 0 aliphatic rings. The topological polar surface area (TPSA) is 41.6 Å². The van der Waals surface area contributed by atoms with Crippen molar-refractivity contribution in [1.82, 2.24) is 15.0 Å². The van der Waals surface area contributed by atoms with E-state index in [1.54, 1.807) is 0 Å². The SMILES string of the molecule is FC(F)c1cccnc1-c1nc(Br)c(C(F)(F)F)[nH]1. The van der Waals surface area contributed by atoms with E-state index in [-0.39, 0.29) is 11.5 Å². The molecule has 0 bridgehead atoms. The quantitative estimate of drug-likeness (QED) is 0.832. The molecule has 0 fully saturated rings. The van der Waals surface area contributed by atoms with Gasteiger partial charge in [0.25, 0.3) is 6.43 Å². The van der Waals surface area contributed by atoms with Crippen molar-refractivity contribution >= 4 is 15.9 Å². The number of aromatic nitrogens is 3. The number of H-pyrrole nitrogens is 1. The summed E-state index contributed by atoms with van der Waals surface area (Å²) in [4.78, 5) is 9.13. The molecule has 0 radical (unpaired) electrons. The Labute approximate surface area is 112 Å². The first-order valence-electron chi connectivity index (χ1n) is 4.87. The smallest absolute Gasteiger partial charge is 0.332 e. The third-order valence-corrected chi connectivity index (χ3v) is 2.82. The highest BCUT2D eigenvalue weighted by Crippen LogP contribution is 2.36. The third-order valence-electron chi connectivity index (χ3n) is 2.24. The van der Waals surface area contributed by atoms with Crippen LogP contribution in [0.2, 0.25) is 0 Å². The summed E-state index contributed by atoms with van der Waals surface area (Å²) in [5.41, 5.74) is -1.94. The van der Waals surface area contributed by atoms with Crippen LogP contribution >= 0.6 is 15.9 Å². The number of nitrogens with zero attached hydrogens (tertiary/aromatic N) is 2. The lowest BCUT2D eigenvalue weighted by molar-refractivity contribution is -0.141. The van der Waals surface area contributed by atoms with Crippen LogP contribution in [-0.4, -0.2) is 15.0 Å². The standard InChI is InChI=1S/C10H5BrF5N3/c11-7-6(10(14,15)16)18-9(19-7)5-4(8(12)13)2-1-3-17-5/h1-3,8H,(H,18,19).